The van der Waals surface area contributed by atoms with E-state index in [2.05, 4.69) is 21.6 Å². The quantitative estimate of drug-likeness (QED) is 0.853. The Balaban J connectivity index is 1.57. The molecule has 3 nitrogen and oxygen atoms in total. The van der Waals surface area contributed by atoms with Crippen molar-refractivity contribution >= 4 is 0 Å². The van der Waals surface area contributed by atoms with Crippen molar-refractivity contribution in [2.75, 3.05) is 32.8 Å². The van der Waals surface area contributed by atoms with Crippen LogP contribution in [0.4, 0.5) is 4.39 Å². The van der Waals surface area contributed by atoms with Crippen LogP contribution in [0, 0.1) is 17.7 Å². The number of halogens is 1. The van der Waals surface area contributed by atoms with Gasteiger partial charge in [-0.3, -0.25) is 9.80 Å². The molecule has 0 unspecified atom stereocenters. The number of rotatable bonds is 3. The highest BCUT2D eigenvalue weighted by Gasteiger charge is 2.31. The summed E-state index contributed by atoms with van der Waals surface area (Å²) in [6.07, 6.45) is 2.70. The molecule has 0 atom stereocenters. The molecule has 0 spiro atoms. The first-order valence-electron chi connectivity index (χ1n) is 7.61. The van der Waals surface area contributed by atoms with Crippen molar-refractivity contribution in [1.29, 1.82) is 0 Å². The molecular formula is C17H21FN2O. The molecule has 2 aliphatic rings. The molecule has 1 saturated heterocycles. The predicted molar refractivity (Wildman–Crippen MR) is 80.2 cm³/mol. The maximum absolute atomic E-state index is 14.1. The first kappa shape index (κ1) is 14.5. The number of piperazine rings is 1. The third-order valence-electron chi connectivity index (χ3n) is 4.23. The molecule has 4 heteroatoms. The number of hydrogen-bond acceptors (Lipinski definition) is 3. The summed E-state index contributed by atoms with van der Waals surface area (Å²) in [5.41, 5.74) is 1.34. The molecule has 112 valence electrons. The predicted octanol–water partition coefficient (Wildman–Crippen LogP) is 1.45. The van der Waals surface area contributed by atoms with E-state index in [1.54, 1.807) is 0 Å². The monoisotopic (exact) mass is 288 g/mol. The van der Waals surface area contributed by atoms with E-state index in [9.17, 15) is 4.39 Å². The Morgan fingerprint density at radius 2 is 1.95 bits per heavy atom. The minimum atomic E-state index is -0.204. The van der Waals surface area contributed by atoms with E-state index in [1.807, 2.05) is 12.1 Å². The molecule has 1 aliphatic heterocycles. The van der Waals surface area contributed by atoms with Crippen molar-refractivity contribution in [3.8, 4) is 11.8 Å². The van der Waals surface area contributed by atoms with E-state index in [0.717, 1.165) is 37.8 Å². The van der Waals surface area contributed by atoms with Gasteiger partial charge in [0.1, 0.15) is 12.4 Å². The molecule has 21 heavy (non-hydrogen) atoms. The highest BCUT2D eigenvalue weighted by molar-refractivity contribution is 5.37. The summed E-state index contributed by atoms with van der Waals surface area (Å²) in [6, 6.07) is 5.91. The second-order valence-corrected chi connectivity index (χ2v) is 5.81. The smallest absolute Gasteiger partial charge is 0.128 e. The third-order valence-corrected chi connectivity index (χ3v) is 4.23. The van der Waals surface area contributed by atoms with Crippen LogP contribution in [0.3, 0.4) is 0 Å². The Morgan fingerprint density at radius 3 is 2.57 bits per heavy atom. The first-order chi connectivity index (χ1) is 10.3. The lowest BCUT2D eigenvalue weighted by Gasteiger charge is -2.34. The summed E-state index contributed by atoms with van der Waals surface area (Å²) in [5.74, 6) is 5.06. The van der Waals surface area contributed by atoms with Gasteiger partial charge in [-0.15, -0.1) is 0 Å². The van der Waals surface area contributed by atoms with E-state index in [4.69, 9.17) is 5.11 Å². The van der Waals surface area contributed by atoms with Gasteiger partial charge in [0.15, 0.2) is 0 Å². The summed E-state index contributed by atoms with van der Waals surface area (Å²) in [7, 11) is 0. The van der Waals surface area contributed by atoms with Crippen molar-refractivity contribution < 1.29 is 9.50 Å². The fourth-order valence-corrected chi connectivity index (χ4v) is 2.86. The van der Waals surface area contributed by atoms with E-state index in [0.29, 0.717) is 12.1 Å². The lowest BCUT2D eigenvalue weighted by molar-refractivity contribution is 0.120. The van der Waals surface area contributed by atoms with Crippen LogP contribution in [0.1, 0.15) is 24.0 Å². The van der Waals surface area contributed by atoms with Gasteiger partial charge in [-0.25, -0.2) is 4.39 Å². The number of nitrogens with zero attached hydrogens (tertiary/aromatic N) is 2. The topological polar surface area (TPSA) is 26.7 Å². The lowest BCUT2D eigenvalue weighted by Crippen LogP contribution is -2.46. The Bertz CT molecular complexity index is 552. The second kappa shape index (κ2) is 6.57. The summed E-state index contributed by atoms with van der Waals surface area (Å²) >= 11 is 0. The van der Waals surface area contributed by atoms with Gasteiger partial charge < -0.3 is 5.11 Å². The molecule has 1 saturated carbocycles. The van der Waals surface area contributed by atoms with Gasteiger partial charge in [0.05, 0.1) is 0 Å². The average Bonchev–Trinajstić information content (AvgIpc) is 3.33. The highest BCUT2D eigenvalue weighted by Crippen LogP contribution is 2.27. The zero-order valence-corrected chi connectivity index (χ0v) is 12.2. The zero-order chi connectivity index (χ0) is 14.7. The Hall–Kier alpha value is -1.41. The van der Waals surface area contributed by atoms with Gasteiger partial charge in [-0.05, 0) is 25.0 Å². The van der Waals surface area contributed by atoms with Crippen molar-refractivity contribution in [3.05, 3.63) is 35.1 Å². The molecule has 1 aliphatic carbocycles. The first-order valence-corrected chi connectivity index (χ1v) is 7.61. The SMILES string of the molecule is OCC#Cc1ccc(CN2CCN(C3CC3)CC2)c(F)c1. The number of aliphatic hydroxyl groups excluding tert-OH is 1. The molecule has 0 radical (unpaired) electrons. The van der Waals surface area contributed by atoms with Crippen molar-refractivity contribution in [3.63, 3.8) is 0 Å². The maximum Gasteiger partial charge on any atom is 0.128 e. The molecule has 0 bridgehead atoms. The second-order valence-electron chi connectivity index (χ2n) is 5.81. The lowest BCUT2D eigenvalue weighted by atomic mass is 10.1. The largest absolute Gasteiger partial charge is 0.384 e. The number of benzene rings is 1. The minimum absolute atomic E-state index is 0.200. The van der Waals surface area contributed by atoms with Gasteiger partial charge in [0, 0.05) is 49.9 Å². The van der Waals surface area contributed by atoms with Crippen molar-refractivity contribution in [2.24, 2.45) is 0 Å². The van der Waals surface area contributed by atoms with Crippen LogP contribution in [0.5, 0.6) is 0 Å². The van der Waals surface area contributed by atoms with E-state index >= 15 is 0 Å². The molecule has 1 aromatic rings. The summed E-state index contributed by atoms with van der Waals surface area (Å²) in [4.78, 5) is 4.87. The van der Waals surface area contributed by atoms with Gasteiger partial charge in [-0.1, -0.05) is 17.9 Å². The van der Waals surface area contributed by atoms with Crippen molar-refractivity contribution in [1.82, 2.24) is 9.80 Å². The number of aliphatic hydroxyl groups is 1. The van der Waals surface area contributed by atoms with Gasteiger partial charge in [0.25, 0.3) is 0 Å². The summed E-state index contributed by atoms with van der Waals surface area (Å²) < 4.78 is 14.1. The van der Waals surface area contributed by atoms with E-state index in [-0.39, 0.29) is 12.4 Å². The average molecular weight is 288 g/mol. The summed E-state index contributed by atoms with van der Waals surface area (Å²) in [6.45, 7) is 4.70. The van der Waals surface area contributed by atoms with E-state index in [1.165, 1.54) is 18.9 Å². The Kier molecular flexibility index (Phi) is 4.54. The molecule has 1 heterocycles. The van der Waals surface area contributed by atoms with Gasteiger partial charge >= 0.3 is 0 Å². The molecule has 0 aromatic heterocycles. The van der Waals surface area contributed by atoms with Crippen LogP contribution >= 0.6 is 0 Å². The third kappa shape index (κ3) is 3.82. The van der Waals surface area contributed by atoms with Crippen LogP contribution in [0.15, 0.2) is 18.2 Å². The molecule has 3 rings (SSSR count). The van der Waals surface area contributed by atoms with Crippen LogP contribution in [0.2, 0.25) is 0 Å². The molecule has 2 fully saturated rings. The highest BCUT2D eigenvalue weighted by atomic mass is 19.1. The number of hydrogen-bond donors (Lipinski definition) is 1. The molecule has 1 aromatic carbocycles. The fourth-order valence-electron chi connectivity index (χ4n) is 2.86. The van der Waals surface area contributed by atoms with Crippen LogP contribution in [-0.4, -0.2) is 53.7 Å². The fraction of sp³-hybridized carbons (Fsp3) is 0.529. The van der Waals surface area contributed by atoms with Crippen LogP contribution < -0.4 is 0 Å². The maximum atomic E-state index is 14.1. The van der Waals surface area contributed by atoms with Crippen LogP contribution in [0.25, 0.3) is 0 Å². The zero-order valence-electron chi connectivity index (χ0n) is 12.2. The summed E-state index contributed by atoms with van der Waals surface area (Å²) in [5, 5.41) is 8.65. The van der Waals surface area contributed by atoms with Crippen LogP contribution in [-0.2, 0) is 6.54 Å². The van der Waals surface area contributed by atoms with E-state index < -0.39 is 0 Å². The minimum Gasteiger partial charge on any atom is -0.384 e. The normalized spacial score (nSPS) is 20.1. The van der Waals surface area contributed by atoms with Crippen molar-refractivity contribution in [2.45, 2.75) is 25.4 Å². The molecular weight excluding hydrogens is 267 g/mol. The van der Waals surface area contributed by atoms with Gasteiger partial charge in [-0.2, -0.15) is 0 Å². The van der Waals surface area contributed by atoms with Gasteiger partial charge in [0.2, 0.25) is 0 Å². The molecule has 1 N–H and O–H groups in total. The Labute approximate surface area is 125 Å². The molecule has 0 amide bonds. The Morgan fingerprint density at radius 1 is 1.19 bits per heavy atom. The standard InChI is InChI=1S/C17H21FN2O/c18-17-12-14(2-1-11-21)3-4-15(17)13-19-7-9-20(10-8-19)16-5-6-16/h3-4,12,16,21H,5-11,13H2.